The third kappa shape index (κ3) is 4.24. The van der Waals surface area contributed by atoms with Crippen molar-refractivity contribution in [1.82, 2.24) is 10.2 Å². The second-order valence-corrected chi connectivity index (χ2v) is 5.53. The molecule has 4 heteroatoms. The van der Waals surface area contributed by atoms with Crippen LogP contribution in [-0.4, -0.2) is 42.8 Å². The number of carbonyl (C=O) groups is 1. The molecule has 0 aliphatic carbocycles. The van der Waals surface area contributed by atoms with E-state index in [1.807, 2.05) is 32.0 Å². The maximum Gasteiger partial charge on any atom is 0.410 e. The van der Waals surface area contributed by atoms with Gasteiger partial charge in [-0.3, -0.25) is 0 Å². The summed E-state index contributed by atoms with van der Waals surface area (Å²) in [4.78, 5) is 13.8. The van der Waals surface area contributed by atoms with Gasteiger partial charge in [-0.15, -0.1) is 0 Å². The predicted molar refractivity (Wildman–Crippen MR) is 75.1 cm³/mol. The van der Waals surface area contributed by atoms with Crippen molar-refractivity contribution in [2.24, 2.45) is 0 Å². The van der Waals surface area contributed by atoms with E-state index < -0.39 is 5.60 Å². The Morgan fingerprint density at radius 2 is 1.89 bits per heavy atom. The van der Waals surface area contributed by atoms with Crippen LogP contribution in [-0.2, 0) is 11.2 Å². The van der Waals surface area contributed by atoms with E-state index in [9.17, 15) is 4.79 Å². The van der Waals surface area contributed by atoms with Crippen LogP contribution in [0.3, 0.4) is 0 Å². The van der Waals surface area contributed by atoms with E-state index in [2.05, 4.69) is 17.4 Å². The van der Waals surface area contributed by atoms with Crippen LogP contribution < -0.4 is 5.32 Å². The van der Waals surface area contributed by atoms with Crippen molar-refractivity contribution in [1.29, 1.82) is 0 Å². The molecule has 0 radical (unpaired) electrons. The van der Waals surface area contributed by atoms with Gasteiger partial charge in [-0.2, -0.15) is 0 Å². The molecular formula is C15H22N2O2. The standard InChI is InChI=1S/C15H22N2O2/c1-15(2,12-13-6-4-3-5-7-13)19-14(18)17-10-8-16-9-11-17/h3-7,16H,8-12H2,1-2H3. The predicted octanol–water partition coefficient (Wildman–Crippen LogP) is 2.05. The van der Waals surface area contributed by atoms with Crippen LogP contribution in [0.25, 0.3) is 0 Å². The zero-order chi connectivity index (χ0) is 13.7. The fraction of sp³-hybridized carbons (Fsp3) is 0.533. The number of hydrogen-bond donors (Lipinski definition) is 1. The fourth-order valence-electron chi connectivity index (χ4n) is 2.27. The number of rotatable bonds is 3. The number of nitrogens with one attached hydrogen (secondary N) is 1. The van der Waals surface area contributed by atoms with Crippen molar-refractivity contribution in [2.45, 2.75) is 25.9 Å². The molecule has 1 aliphatic rings. The van der Waals surface area contributed by atoms with E-state index in [1.165, 1.54) is 5.56 Å². The van der Waals surface area contributed by atoms with E-state index in [-0.39, 0.29) is 6.09 Å². The first kappa shape index (κ1) is 13.9. The van der Waals surface area contributed by atoms with Gasteiger partial charge in [0, 0.05) is 32.6 Å². The van der Waals surface area contributed by atoms with E-state index in [0.29, 0.717) is 0 Å². The fourth-order valence-corrected chi connectivity index (χ4v) is 2.27. The average Bonchev–Trinajstić information content (AvgIpc) is 2.39. The monoisotopic (exact) mass is 262 g/mol. The molecule has 1 aromatic rings. The first-order valence-electron chi connectivity index (χ1n) is 6.79. The minimum atomic E-state index is -0.483. The maximum absolute atomic E-state index is 12.1. The van der Waals surface area contributed by atoms with E-state index in [4.69, 9.17) is 4.74 Å². The molecule has 1 aromatic carbocycles. The van der Waals surface area contributed by atoms with Crippen LogP contribution in [0, 0.1) is 0 Å². The number of carbonyl (C=O) groups excluding carboxylic acids is 1. The van der Waals surface area contributed by atoms with Gasteiger partial charge in [-0.1, -0.05) is 30.3 Å². The average molecular weight is 262 g/mol. The van der Waals surface area contributed by atoms with Gasteiger partial charge in [0.15, 0.2) is 0 Å². The third-order valence-corrected chi connectivity index (χ3v) is 3.21. The zero-order valence-corrected chi connectivity index (χ0v) is 11.7. The van der Waals surface area contributed by atoms with Crippen LogP contribution in [0.1, 0.15) is 19.4 Å². The molecule has 19 heavy (non-hydrogen) atoms. The van der Waals surface area contributed by atoms with Gasteiger partial charge < -0.3 is 15.0 Å². The Morgan fingerprint density at radius 3 is 2.53 bits per heavy atom. The SMILES string of the molecule is CC(C)(Cc1ccccc1)OC(=O)N1CCNCC1. The number of piperazine rings is 1. The number of nitrogens with zero attached hydrogens (tertiary/aromatic N) is 1. The van der Waals surface area contributed by atoms with Crippen molar-refractivity contribution in [2.75, 3.05) is 26.2 Å². The maximum atomic E-state index is 12.1. The minimum Gasteiger partial charge on any atom is -0.443 e. The topological polar surface area (TPSA) is 41.6 Å². The van der Waals surface area contributed by atoms with Gasteiger partial charge in [0.1, 0.15) is 5.60 Å². The highest BCUT2D eigenvalue weighted by molar-refractivity contribution is 5.68. The quantitative estimate of drug-likeness (QED) is 0.906. The highest BCUT2D eigenvalue weighted by Gasteiger charge is 2.27. The molecule has 1 N–H and O–H groups in total. The van der Waals surface area contributed by atoms with Gasteiger partial charge in [0.05, 0.1) is 0 Å². The van der Waals surface area contributed by atoms with Crippen LogP contribution in [0.2, 0.25) is 0 Å². The van der Waals surface area contributed by atoms with Crippen LogP contribution in [0.4, 0.5) is 4.79 Å². The van der Waals surface area contributed by atoms with Crippen molar-refractivity contribution in [3.05, 3.63) is 35.9 Å². The molecule has 0 unspecified atom stereocenters. The van der Waals surface area contributed by atoms with Gasteiger partial charge >= 0.3 is 6.09 Å². The molecule has 1 amide bonds. The second kappa shape index (κ2) is 6.06. The molecule has 4 nitrogen and oxygen atoms in total. The molecule has 0 spiro atoms. The lowest BCUT2D eigenvalue weighted by Crippen LogP contribution is -2.48. The molecule has 0 atom stereocenters. The van der Waals surface area contributed by atoms with E-state index in [0.717, 1.165) is 32.6 Å². The van der Waals surface area contributed by atoms with Crippen molar-refractivity contribution in [3.63, 3.8) is 0 Å². The lowest BCUT2D eigenvalue weighted by molar-refractivity contribution is 0.0120. The zero-order valence-electron chi connectivity index (χ0n) is 11.7. The lowest BCUT2D eigenvalue weighted by Gasteiger charge is -2.32. The summed E-state index contributed by atoms with van der Waals surface area (Å²) in [7, 11) is 0. The molecular weight excluding hydrogens is 240 g/mol. The van der Waals surface area contributed by atoms with Crippen LogP contribution in [0.15, 0.2) is 30.3 Å². The molecule has 1 aliphatic heterocycles. The van der Waals surface area contributed by atoms with Crippen molar-refractivity contribution < 1.29 is 9.53 Å². The Balaban J connectivity index is 1.90. The molecule has 104 valence electrons. The summed E-state index contributed by atoms with van der Waals surface area (Å²) in [5, 5.41) is 3.22. The van der Waals surface area contributed by atoms with E-state index in [1.54, 1.807) is 4.90 Å². The van der Waals surface area contributed by atoms with Crippen LogP contribution in [0.5, 0.6) is 0 Å². The molecule has 0 saturated carbocycles. The largest absolute Gasteiger partial charge is 0.443 e. The summed E-state index contributed by atoms with van der Waals surface area (Å²) < 4.78 is 5.64. The molecule has 1 saturated heterocycles. The van der Waals surface area contributed by atoms with Crippen molar-refractivity contribution >= 4 is 6.09 Å². The molecule has 1 fully saturated rings. The highest BCUT2D eigenvalue weighted by atomic mass is 16.6. The van der Waals surface area contributed by atoms with Gasteiger partial charge in [-0.05, 0) is 19.4 Å². The number of benzene rings is 1. The Labute approximate surface area is 114 Å². The molecule has 0 bridgehead atoms. The lowest BCUT2D eigenvalue weighted by atomic mass is 9.98. The van der Waals surface area contributed by atoms with Gasteiger partial charge in [0.25, 0.3) is 0 Å². The summed E-state index contributed by atoms with van der Waals surface area (Å²) in [6.07, 6.45) is 0.522. The number of ether oxygens (including phenoxy) is 1. The van der Waals surface area contributed by atoms with Gasteiger partial charge in [-0.25, -0.2) is 4.79 Å². The third-order valence-electron chi connectivity index (χ3n) is 3.21. The van der Waals surface area contributed by atoms with E-state index >= 15 is 0 Å². The molecule has 0 aromatic heterocycles. The summed E-state index contributed by atoms with van der Waals surface area (Å²) >= 11 is 0. The summed E-state index contributed by atoms with van der Waals surface area (Å²) in [5.41, 5.74) is 0.698. The normalized spacial score (nSPS) is 16.2. The smallest absolute Gasteiger partial charge is 0.410 e. The van der Waals surface area contributed by atoms with Crippen LogP contribution >= 0.6 is 0 Å². The Morgan fingerprint density at radius 1 is 1.26 bits per heavy atom. The Kier molecular flexibility index (Phi) is 4.43. The highest BCUT2D eigenvalue weighted by Crippen LogP contribution is 2.18. The minimum absolute atomic E-state index is 0.206. The van der Waals surface area contributed by atoms with Gasteiger partial charge in [0.2, 0.25) is 0 Å². The number of hydrogen-bond acceptors (Lipinski definition) is 3. The summed E-state index contributed by atoms with van der Waals surface area (Å²) in [6, 6.07) is 10.1. The summed E-state index contributed by atoms with van der Waals surface area (Å²) in [5.74, 6) is 0. The Bertz CT molecular complexity index is 411. The summed E-state index contributed by atoms with van der Waals surface area (Å²) in [6.45, 7) is 7.04. The first-order chi connectivity index (χ1) is 9.07. The second-order valence-electron chi connectivity index (χ2n) is 5.53. The van der Waals surface area contributed by atoms with Crippen molar-refractivity contribution in [3.8, 4) is 0 Å². The Hall–Kier alpha value is -1.55. The number of amides is 1. The molecule has 1 heterocycles. The first-order valence-corrected chi connectivity index (χ1v) is 6.79. The molecule has 2 rings (SSSR count).